The van der Waals surface area contributed by atoms with Gasteiger partial charge in [-0.25, -0.2) is 8.42 Å². The standard InChI is InChI=1S/C19H23N3O5S/c1-12-16(13(2)22(21-12)15-5-8-28(24,25)11-15)10-19(23)20-14-3-4-17-18(9-14)27-7-6-26-17/h3-4,9,15H,5-8,10-11H2,1-2H3,(H,20,23). The van der Waals surface area contributed by atoms with Gasteiger partial charge in [0, 0.05) is 23.0 Å². The maximum atomic E-state index is 12.6. The number of ether oxygens (including phenoxy) is 2. The maximum Gasteiger partial charge on any atom is 0.228 e. The van der Waals surface area contributed by atoms with Crippen LogP contribution in [-0.2, 0) is 21.1 Å². The molecule has 28 heavy (non-hydrogen) atoms. The number of fused-ring (bicyclic) bond motifs is 1. The van der Waals surface area contributed by atoms with E-state index in [-0.39, 0.29) is 29.9 Å². The summed E-state index contributed by atoms with van der Waals surface area (Å²) >= 11 is 0. The summed E-state index contributed by atoms with van der Waals surface area (Å²) in [5.41, 5.74) is 3.06. The van der Waals surface area contributed by atoms with Crippen LogP contribution in [0.4, 0.5) is 5.69 Å². The maximum absolute atomic E-state index is 12.6. The van der Waals surface area contributed by atoms with Crippen molar-refractivity contribution in [1.82, 2.24) is 9.78 Å². The van der Waals surface area contributed by atoms with Crippen molar-refractivity contribution in [2.75, 3.05) is 30.0 Å². The molecule has 3 heterocycles. The number of carbonyl (C=O) groups is 1. The van der Waals surface area contributed by atoms with Crippen molar-refractivity contribution in [1.29, 1.82) is 0 Å². The average molecular weight is 405 g/mol. The normalized spacial score (nSPS) is 20.1. The van der Waals surface area contributed by atoms with Crippen molar-refractivity contribution < 1.29 is 22.7 Å². The molecule has 150 valence electrons. The van der Waals surface area contributed by atoms with Gasteiger partial charge >= 0.3 is 0 Å². The van der Waals surface area contributed by atoms with Crippen molar-refractivity contribution in [3.63, 3.8) is 0 Å². The fourth-order valence-electron chi connectivity index (χ4n) is 3.76. The minimum Gasteiger partial charge on any atom is -0.486 e. The summed E-state index contributed by atoms with van der Waals surface area (Å²) in [5, 5.41) is 7.39. The van der Waals surface area contributed by atoms with Crippen molar-refractivity contribution >= 4 is 21.4 Å². The number of hydrogen-bond acceptors (Lipinski definition) is 6. The fraction of sp³-hybridized carbons (Fsp3) is 0.474. The first-order chi connectivity index (χ1) is 13.3. The zero-order valence-corrected chi connectivity index (χ0v) is 16.7. The molecule has 1 unspecified atom stereocenters. The number of carbonyl (C=O) groups excluding carboxylic acids is 1. The number of hydrogen-bond donors (Lipinski definition) is 1. The van der Waals surface area contributed by atoms with Crippen molar-refractivity contribution in [2.24, 2.45) is 0 Å². The van der Waals surface area contributed by atoms with Crippen molar-refractivity contribution in [2.45, 2.75) is 32.7 Å². The lowest BCUT2D eigenvalue weighted by atomic mass is 10.1. The molecule has 0 saturated carbocycles. The Kier molecular flexibility index (Phi) is 4.78. The number of anilines is 1. The van der Waals surface area contributed by atoms with E-state index in [0.717, 1.165) is 17.0 Å². The van der Waals surface area contributed by atoms with Crippen LogP contribution in [0.2, 0.25) is 0 Å². The van der Waals surface area contributed by atoms with E-state index in [1.165, 1.54) is 0 Å². The van der Waals surface area contributed by atoms with Gasteiger partial charge < -0.3 is 14.8 Å². The van der Waals surface area contributed by atoms with Gasteiger partial charge in [-0.15, -0.1) is 0 Å². The van der Waals surface area contributed by atoms with E-state index >= 15 is 0 Å². The van der Waals surface area contributed by atoms with Gasteiger partial charge in [0.15, 0.2) is 21.3 Å². The lowest BCUT2D eigenvalue weighted by Crippen LogP contribution is -2.18. The van der Waals surface area contributed by atoms with Gasteiger partial charge in [-0.1, -0.05) is 0 Å². The minimum absolute atomic E-state index is 0.109. The van der Waals surface area contributed by atoms with Crippen molar-refractivity contribution in [3.8, 4) is 11.5 Å². The van der Waals surface area contributed by atoms with Gasteiger partial charge in [0.25, 0.3) is 0 Å². The van der Waals surface area contributed by atoms with Crippen LogP contribution in [0, 0.1) is 13.8 Å². The zero-order valence-electron chi connectivity index (χ0n) is 15.9. The molecule has 0 aliphatic carbocycles. The van der Waals surface area contributed by atoms with Crippen LogP contribution in [0.3, 0.4) is 0 Å². The highest BCUT2D eigenvalue weighted by molar-refractivity contribution is 7.91. The van der Waals surface area contributed by atoms with Crippen LogP contribution in [0.25, 0.3) is 0 Å². The summed E-state index contributed by atoms with van der Waals surface area (Å²) in [6.45, 7) is 4.74. The van der Waals surface area contributed by atoms with Crippen molar-refractivity contribution in [3.05, 3.63) is 35.2 Å². The van der Waals surface area contributed by atoms with E-state index in [1.807, 2.05) is 13.8 Å². The molecule has 0 spiro atoms. The molecular weight excluding hydrogens is 382 g/mol. The lowest BCUT2D eigenvalue weighted by molar-refractivity contribution is -0.115. The SMILES string of the molecule is Cc1nn(C2CCS(=O)(=O)C2)c(C)c1CC(=O)Nc1ccc2c(c1)OCCO2. The molecule has 2 aliphatic rings. The predicted molar refractivity (Wildman–Crippen MR) is 104 cm³/mol. The quantitative estimate of drug-likeness (QED) is 0.833. The molecule has 1 amide bonds. The first-order valence-corrected chi connectivity index (χ1v) is 11.1. The summed E-state index contributed by atoms with van der Waals surface area (Å²) in [6.07, 6.45) is 0.735. The Labute approximate surface area is 163 Å². The molecule has 0 radical (unpaired) electrons. The molecule has 1 atom stereocenters. The van der Waals surface area contributed by atoms with Crippen LogP contribution < -0.4 is 14.8 Å². The molecular formula is C19H23N3O5S. The highest BCUT2D eigenvalue weighted by Gasteiger charge is 2.31. The number of aromatic nitrogens is 2. The second-order valence-electron chi connectivity index (χ2n) is 7.23. The molecule has 8 nitrogen and oxygen atoms in total. The Morgan fingerprint density at radius 1 is 1.25 bits per heavy atom. The minimum atomic E-state index is -3.00. The van der Waals surface area contributed by atoms with Gasteiger partial charge in [-0.2, -0.15) is 5.10 Å². The van der Waals surface area contributed by atoms with Gasteiger partial charge in [-0.05, 0) is 32.4 Å². The summed E-state index contributed by atoms with van der Waals surface area (Å²) in [5.74, 6) is 1.42. The molecule has 0 bridgehead atoms. The molecule has 1 fully saturated rings. The fourth-order valence-corrected chi connectivity index (χ4v) is 5.46. The Morgan fingerprint density at radius 3 is 2.71 bits per heavy atom. The molecule has 1 saturated heterocycles. The molecule has 1 aromatic carbocycles. The lowest BCUT2D eigenvalue weighted by Gasteiger charge is -2.19. The third kappa shape index (κ3) is 3.71. The van der Waals surface area contributed by atoms with E-state index in [4.69, 9.17) is 9.47 Å². The summed E-state index contributed by atoms with van der Waals surface area (Å²) in [7, 11) is -3.00. The first-order valence-electron chi connectivity index (χ1n) is 9.27. The van der Waals surface area contributed by atoms with E-state index < -0.39 is 9.84 Å². The second kappa shape index (κ2) is 7.12. The average Bonchev–Trinajstić information content (AvgIpc) is 3.15. The van der Waals surface area contributed by atoms with Crippen LogP contribution in [0.5, 0.6) is 11.5 Å². The molecule has 1 aromatic heterocycles. The van der Waals surface area contributed by atoms with Gasteiger partial charge in [-0.3, -0.25) is 9.48 Å². The number of sulfone groups is 1. The molecule has 4 rings (SSSR count). The smallest absolute Gasteiger partial charge is 0.228 e. The highest BCUT2D eigenvalue weighted by atomic mass is 32.2. The third-order valence-electron chi connectivity index (χ3n) is 5.19. The van der Waals surface area contributed by atoms with Crippen LogP contribution in [0.1, 0.15) is 29.4 Å². The zero-order chi connectivity index (χ0) is 19.9. The summed E-state index contributed by atoms with van der Waals surface area (Å²) in [6, 6.07) is 5.15. The van der Waals surface area contributed by atoms with Crippen LogP contribution in [0.15, 0.2) is 18.2 Å². The van der Waals surface area contributed by atoms with E-state index in [2.05, 4.69) is 10.4 Å². The number of nitrogens with one attached hydrogen (secondary N) is 1. The predicted octanol–water partition coefficient (Wildman–Crippen LogP) is 1.81. The molecule has 9 heteroatoms. The first kappa shape index (κ1) is 18.8. The van der Waals surface area contributed by atoms with E-state index in [0.29, 0.717) is 36.8 Å². The number of rotatable bonds is 4. The highest BCUT2D eigenvalue weighted by Crippen LogP contribution is 2.33. The van der Waals surface area contributed by atoms with Gasteiger partial charge in [0.1, 0.15) is 13.2 Å². The number of nitrogens with zero attached hydrogens (tertiary/aromatic N) is 2. The number of aryl methyl sites for hydroxylation is 1. The topological polar surface area (TPSA) is 99.5 Å². The monoisotopic (exact) mass is 405 g/mol. The van der Waals surface area contributed by atoms with Crippen LogP contribution >= 0.6 is 0 Å². The van der Waals surface area contributed by atoms with Gasteiger partial charge in [0.2, 0.25) is 5.91 Å². The Morgan fingerprint density at radius 2 is 2.00 bits per heavy atom. The van der Waals surface area contributed by atoms with E-state index in [9.17, 15) is 13.2 Å². The number of benzene rings is 1. The third-order valence-corrected chi connectivity index (χ3v) is 6.94. The Bertz CT molecular complexity index is 1030. The summed E-state index contributed by atoms with van der Waals surface area (Å²) < 4.78 is 36.3. The van der Waals surface area contributed by atoms with Crippen LogP contribution in [-0.4, -0.2) is 48.8 Å². The largest absolute Gasteiger partial charge is 0.486 e. The molecule has 2 aromatic rings. The number of amides is 1. The molecule has 2 aliphatic heterocycles. The summed E-state index contributed by atoms with van der Waals surface area (Å²) in [4.78, 5) is 12.6. The second-order valence-corrected chi connectivity index (χ2v) is 9.46. The molecule has 1 N–H and O–H groups in total. The Balaban J connectivity index is 1.48. The Hall–Kier alpha value is -2.55. The van der Waals surface area contributed by atoms with Gasteiger partial charge in [0.05, 0.1) is 29.7 Å². The van der Waals surface area contributed by atoms with E-state index in [1.54, 1.807) is 22.9 Å².